The zero-order valence-corrected chi connectivity index (χ0v) is 13.1. The SMILES string of the molecule is COC(=O)c1ccc(CS(=O)[O-])c(C2CC(C)N(Cl)O2)c1. The van der Waals surface area contributed by atoms with Crippen molar-refractivity contribution in [3.8, 4) is 0 Å². The molecule has 0 bridgehead atoms. The Hall–Kier alpha value is -0.990. The summed E-state index contributed by atoms with van der Waals surface area (Å²) < 4.78 is 27.8. The van der Waals surface area contributed by atoms with Crippen molar-refractivity contribution in [2.75, 3.05) is 7.11 Å². The lowest BCUT2D eigenvalue weighted by Gasteiger charge is -2.17. The third kappa shape index (κ3) is 3.81. The Bertz CT molecular complexity index is 557. The number of hydrogen-bond acceptors (Lipinski definition) is 6. The molecule has 1 fully saturated rings. The number of esters is 1. The molecular weight excluding hydrogens is 318 g/mol. The van der Waals surface area contributed by atoms with Crippen LogP contribution in [0.2, 0.25) is 0 Å². The molecule has 0 N–H and O–H groups in total. The highest BCUT2D eigenvalue weighted by molar-refractivity contribution is 7.78. The lowest BCUT2D eigenvalue weighted by molar-refractivity contribution is -0.0887. The van der Waals surface area contributed by atoms with Gasteiger partial charge in [-0.25, -0.2) is 4.79 Å². The predicted octanol–water partition coefficient (Wildman–Crippen LogP) is 2.07. The normalized spacial score (nSPS) is 24.0. The second-order valence-electron chi connectivity index (χ2n) is 4.80. The van der Waals surface area contributed by atoms with E-state index in [2.05, 4.69) is 4.74 Å². The monoisotopic (exact) mass is 332 g/mol. The van der Waals surface area contributed by atoms with Crippen molar-refractivity contribution in [1.29, 1.82) is 0 Å². The van der Waals surface area contributed by atoms with E-state index in [0.29, 0.717) is 23.1 Å². The third-order valence-electron chi connectivity index (χ3n) is 3.32. The van der Waals surface area contributed by atoms with E-state index in [1.807, 2.05) is 6.92 Å². The minimum absolute atomic E-state index is 0.0101. The first-order valence-electron chi connectivity index (χ1n) is 6.31. The standard InChI is InChI=1S/C13H16ClNO5S/c1-8-5-12(20-15(8)14)11-6-9(13(16)19-2)3-4-10(11)7-21(17)18/h3-4,6,8,12H,5,7H2,1-2H3,(H,17,18)/p-1. The Morgan fingerprint density at radius 2 is 2.33 bits per heavy atom. The topological polar surface area (TPSA) is 78.9 Å². The first kappa shape index (κ1) is 16.4. The molecule has 1 aromatic rings. The van der Waals surface area contributed by atoms with E-state index in [1.165, 1.54) is 17.8 Å². The lowest BCUT2D eigenvalue weighted by atomic mass is 9.97. The first-order chi connectivity index (χ1) is 9.92. The molecule has 3 atom stereocenters. The number of nitrogens with zero attached hydrogens (tertiary/aromatic N) is 1. The highest BCUT2D eigenvalue weighted by Gasteiger charge is 2.32. The minimum Gasteiger partial charge on any atom is -0.772 e. The van der Waals surface area contributed by atoms with Gasteiger partial charge in [0.1, 0.15) is 6.10 Å². The van der Waals surface area contributed by atoms with Crippen molar-refractivity contribution in [3.63, 3.8) is 0 Å². The number of rotatable bonds is 4. The quantitative estimate of drug-likeness (QED) is 0.477. The van der Waals surface area contributed by atoms with Gasteiger partial charge in [0.2, 0.25) is 0 Å². The predicted molar refractivity (Wildman–Crippen MR) is 76.0 cm³/mol. The van der Waals surface area contributed by atoms with Crippen LogP contribution in [-0.2, 0) is 26.4 Å². The van der Waals surface area contributed by atoms with Crippen molar-refractivity contribution in [3.05, 3.63) is 34.9 Å². The van der Waals surface area contributed by atoms with Gasteiger partial charge in [-0.2, -0.15) is 0 Å². The van der Waals surface area contributed by atoms with Gasteiger partial charge in [0.05, 0.1) is 18.7 Å². The van der Waals surface area contributed by atoms with Gasteiger partial charge in [-0.1, -0.05) is 21.7 Å². The summed E-state index contributed by atoms with van der Waals surface area (Å²) in [6, 6.07) is 4.72. The van der Waals surface area contributed by atoms with Crippen LogP contribution in [0.15, 0.2) is 18.2 Å². The van der Waals surface area contributed by atoms with E-state index in [4.69, 9.17) is 16.6 Å². The van der Waals surface area contributed by atoms with Gasteiger partial charge in [0.15, 0.2) is 0 Å². The maximum Gasteiger partial charge on any atom is 0.337 e. The van der Waals surface area contributed by atoms with Crippen molar-refractivity contribution in [2.24, 2.45) is 0 Å². The average Bonchev–Trinajstić information content (AvgIpc) is 2.77. The smallest absolute Gasteiger partial charge is 0.337 e. The second-order valence-corrected chi connectivity index (χ2v) is 6.03. The minimum atomic E-state index is -2.23. The fraction of sp³-hybridized carbons (Fsp3) is 0.462. The van der Waals surface area contributed by atoms with Crippen LogP contribution in [0.5, 0.6) is 0 Å². The Morgan fingerprint density at radius 3 is 2.86 bits per heavy atom. The highest BCUT2D eigenvalue weighted by Crippen LogP contribution is 2.36. The Kier molecular flexibility index (Phi) is 5.34. The van der Waals surface area contributed by atoms with Crippen LogP contribution in [0.1, 0.15) is 40.9 Å². The maximum absolute atomic E-state index is 11.6. The Balaban J connectivity index is 2.38. The summed E-state index contributed by atoms with van der Waals surface area (Å²) >= 11 is 3.66. The second kappa shape index (κ2) is 6.85. The molecule has 0 radical (unpaired) electrons. The van der Waals surface area contributed by atoms with Crippen molar-refractivity contribution in [2.45, 2.75) is 31.2 Å². The maximum atomic E-state index is 11.6. The number of benzene rings is 1. The molecule has 1 aliphatic rings. The first-order valence-corrected chi connectivity index (χ1v) is 7.89. The molecule has 1 saturated heterocycles. The molecule has 3 unspecified atom stereocenters. The van der Waals surface area contributed by atoms with Gasteiger partial charge in [-0.05, 0) is 36.6 Å². The van der Waals surface area contributed by atoms with Crippen LogP contribution in [-0.4, -0.2) is 32.5 Å². The average molecular weight is 333 g/mol. The molecule has 6 nitrogen and oxygen atoms in total. The van der Waals surface area contributed by atoms with Gasteiger partial charge >= 0.3 is 5.97 Å². The number of carbonyl (C=O) groups is 1. The van der Waals surface area contributed by atoms with Crippen LogP contribution < -0.4 is 0 Å². The fourth-order valence-corrected chi connectivity index (χ4v) is 2.94. The summed E-state index contributed by atoms with van der Waals surface area (Å²) in [6.45, 7) is 1.89. The van der Waals surface area contributed by atoms with E-state index in [0.717, 1.165) is 0 Å². The van der Waals surface area contributed by atoms with Crippen LogP contribution in [0.25, 0.3) is 0 Å². The summed E-state index contributed by atoms with van der Waals surface area (Å²) in [7, 11) is 1.29. The summed E-state index contributed by atoms with van der Waals surface area (Å²) in [5, 5.41) is 0. The van der Waals surface area contributed by atoms with Gasteiger partial charge in [0.25, 0.3) is 0 Å². The van der Waals surface area contributed by atoms with Crippen LogP contribution in [0.3, 0.4) is 0 Å². The molecule has 1 heterocycles. The Morgan fingerprint density at radius 1 is 1.62 bits per heavy atom. The van der Waals surface area contributed by atoms with Gasteiger partial charge < -0.3 is 9.29 Å². The van der Waals surface area contributed by atoms with Gasteiger partial charge in [-0.15, -0.1) is 0 Å². The van der Waals surface area contributed by atoms with Crippen molar-refractivity contribution < 1.29 is 23.1 Å². The zero-order valence-electron chi connectivity index (χ0n) is 11.6. The number of ether oxygens (including phenoxy) is 1. The summed E-state index contributed by atoms with van der Waals surface area (Å²) in [6.07, 6.45) is 0.216. The number of hydroxylamine groups is 1. The highest BCUT2D eigenvalue weighted by atomic mass is 35.5. The largest absolute Gasteiger partial charge is 0.772 e. The van der Waals surface area contributed by atoms with Crippen LogP contribution in [0.4, 0.5) is 0 Å². The molecule has 116 valence electrons. The molecule has 2 rings (SSSR count). The van der Waals surface area contributed by atoms with Crippen LogP contribution in [0, 0.1) is 0 Å². The molecule has 8 heteroatoms. The number of halogens is 1. The molecule has 0 amide bonds. The number of methoxy groups -OCH3 is 1. The van der Waals surface area contributed by atoms with E-state index in [1.54, 1.807) is 12.1 Å². The molecule has 0 spiro atoms. The summed E-state index contributed by atoms with van der Waals surface area (Å²) in [5.74, 6) is -0.632. The summed E-state index contributed by atoms with van der Waals surface area (Å²) in [5.41, 5.74) is 1.56. The van der Waals surface area contributed by atoms with E-state index >= 15 is 0 Å². The zero-order chi connectivity index (χ0) is 15.6. The molecule has 1 aliphatic heterocycles. The van der Waals surface area contributed by atoms with Gasteiger partial charge in [-0.3, -0.25) is 9.05 Å². The number of hydrogen-bond donors (Lipinski definition) is 0. The Labute approximate surface area is 130 Å². The molecule has 21 heavy (non-hydrogen) atoms. The lowest BCUT2D eigenvalue weighted by Crippen LogP contribution is -2.13. The molecular formula is C13H15ClNO5S-. The third-order valence-corrected chi connectivity index (χ3v) is 4.28. The molecule has 0 aromatic heterocycles. The van der Waals surface area contributed by atoms with E-state index < -0.39 is 17.0 Å². The fourth-order valence-electron chi connectivity index (χ4n) is 2.24. The van der Waals surface area contributed by atoms with E-state index in [9.17, 15) is 13.6 Å². The molecule has 1 aromatic carbocycles. The number of carbonyl (C=O) groups excluding carboxylic acids is 1. The van der Waals surface area contributed by atoms with E-state index in [-0.39, 0.29) is 17.9 Å². The van der Waals surface area contributed by atoms with Crippen molar-refractivity contribution in [1.82, 2.24) is 4.58 Å². The van der Waals surface area contributed by atoms with Crippen LogP contribution >= 0.6 is 11.8 Å². The molecule has 0 aliphatic carbocycles. The molecule has 0 saturated carbocycles. The van der Waals surface area contributed by atoms with Crippen molar-refractivity contribution >= 4 is 28.8 Å². The summed E-state index contributed by atoms with van der Waals surface area (Å²) in [4.78, 5) is 17.1. The van der Waals surface area contributed by atoms with Gasteiger partial charge in [0, 0.05) is 17.5 Å².